The molecule has 8 nitrogen and oxygen atoms in total. The molecule has 0 spiro atoms. The summed E-state index contributed by atoms with van der Waals surface area (Å²) in [6, 6.07) is 25.0. The Morgan fingerprint density at radius 3 is 2.53 bits per heavy atom. The number of ether oxygens (including phenoxy) is 1. The van der Waals surface area contributed by atoms with Crippen LogP contribution in [0.2, 0.25) is 10.0 Å². The van der Waals surface area contributed by atoms with Crippen LogP contribution in [0.15, 0.2) is 91.4 Å². The summed E-state index contributed by atoms with van der Waals surface area (Å²) in [7, 11) is 0. The third-order valence-corrected chi connectivity index (χ3v) is 9.01. The van der Waals surface area contributed by atoms with Crippen LogP contribution < -0.4 is 15.4 Å². The van der Waals surface area contributed by atoms with Gasteiger partial charge in [0, 0.05) is 38.3 Å². The topological polar surface area (TPSA) is 96.9 Å². The van der Waals surface area contributed by atoms with E-state index in [2.05, 4.69) is 25.2 Å². The standard InChI is InChI=1S/C35H28Cl2N6O2/c36-22-10-8-21(9-11-22)32-25-17-23(37)18-27-28(25)29(33-30(40-19-43(32)33)20-5-2-1-3-6-20)31(41-27)34(44)42-26-7-4-14-39-35(26)45-24-12-15-38-16-13-24/h1-11,14,17-19,24,32,38,41H,12-13,15-16H2,(H,42,44). The molecule has 6 aromatic rings. The second-order valence-electron chi connectivity index (χ2n) is 11.3. The molecule has 45 heavy (non-hydrogen) atoms. The number of rotatable bonds is 6. The summed E-state index contributed by atoms with van der Waals surface area (Å²) in [5, 5.41) is 8.58. The molecule has 3 N–H and O–H groups in total. The Labute approximate surface area is 269 Å². The number of aromatic amines is 1. The summed E-state index contributed by atoms with van der Waals surface area (Å²) < 4.78 is 8.38. The number of piperidine rings is 1. The Morgan fingerprint density at radius 1 is 0.933 bits per heavy atom. The van der Waals surface area contributed by atoms with Crippen molar-refractivity contribution in [3.63, 3.8) is 0 Å². The normalized spacial score (nSPS) is 16.0. The van der Waals surface area contributed by atoms with Gasteiger partial charge in [0.15, 0.2) is 0 Å². The summed E-state index contributed by atoms with van der Waals surface area (Å²) in [6.45, 7) is 1.77. The molecule has 1 unspecified atom stereocenters. The highest BCUT2D eigenvalue weighted by Gasteiger charge is 2.36. The maximum atomic E-state index is 14.3. The molecule has 2 aliphatic rings. The number of carbonyl (C=O) groups excluding carboxylic acids is 1. The lowest BCUT2D eigenvalue weighted by molar-refractivity contribution is 0.102. The Balaban J connectivity index is 1.30. The van der Waals surface area contributed by atoms with Gasteiger partial charge in [0.25, 0.3) is 5.91 Å². The van der Waals surface area contributed by atoms with Crippen LogP contribution in [0.4, 0.5) is 5.69 Å². The van der Waals surface area contributed by atoms with Crippen molar-refractivity contribution >= 4 is 45.7 Å². The highest BCUT2D eigenvalue weighted by Crippen LogP contribution is 2.49. The average molecular weight is 636 g/mol. The fourth-order valence-electron chi connectivity index (χ4n) is 6.53. The molecular weight excluding hydrogens is 607 g/mol. The summed E-state index contributed by atoms with van der Waals surface area (Å²) in [6.07, 6.45) is 5.30. The molecule has 1 amide bonds. The number of fused-ring (bicyclic) bond motifs is 2. The number of pyridine rings is 1. The molecule has 10 heteroatoms. The van der Waals surface area contributed by atoms with E-state index in [9.17, 15) is 4.79 Å². The van der Waals surface area contributed by atoms with Gasteiger partial charge < -0.3 is 24.9 Å². The van der Waals surface area contributed by atoms with Crippen molar-refractivity contribution in [1.29, 1.82) is 0 Å². The Morgan fingerprint density at radius 2 is 1.73 bits per heavy atom. The third-order valence-electron chi connectivity index (χ3n) is 8.54. The summed E-state index contributed by atoms with van der Waals surface area (Å²) >= 11 is 13.0. The Kier molecular flexibility index (Phi) is 7.05. The SMILES string of the molecule is O=C(Nc1cccnc1OC1CCNCC1)c1[nH]c2cc(Cl)cc3c2c1-c1c(-c2ccccc2)ncn1C3c1ccc(Cl)cc1. The lowest BCUT2D eigenvalue weighted by atomic mass is 9.88. The van der Waals surface area contributed by atoms with E-state index in [0.29, 0.717) is 27.3 Å². The fraction of sp³-hybridized carbons (Fsp3) is 0.171. The monoisotopic (exact) mass is 634 g/mol. The number of benzene rings is 3. The van der Waals surface area contributed by atoms with Crippen LogP contribution >= 0.6 is 23.2 Å². The molecule has 0 bridgehead atoms. The van der Waals surface area contributed by atoms with Gasteiger partial charge in [-0.15, -0.1) is 0 Å². The smallest absolute Gasteiger partial charge is 0.272 e. The van der Waals surface area contributed by atoms with Crippen molar-refractivity contribution in [2.24, 2.45) is 0 Å². The number of H-pyrrole nitrogens is 1. The van der Waals surface area contributed by atoms with Crippen LogP contribution in [0.5, 0.6) is 5.88 Å². The number of halogens is 2. The number of carbonyl (C=O) groups is 1. The molecule has 224 valence electrons. The van der Waals surface area contributed by atoms with Gasteiger partial charge in [0.05, 0.1) is 23.8 Å². The second kappa shape index (κ2) is 11.4. The number of imidazole rings is 1. The molecule has 1 saturated heterocycles. The van der Waals surface area contributed by atoms with E-state index in [1.807, 2.05) is 79.1 Å². The predicted octanol–water partition coefficient (Wildman–Crippen LogP) is 7.73. The third kappa shape index (κ3) is 4.95. The number of nitrogens with one attached hydrogen (secondary N) is 3. The van der Waals surface area contributed by atoms with Crippen molar-refractivity contribution in [2.45, 2.75) is 25.0 Å². The molecular formula is C35H28Cl2N6O2. The van der Waals surface area contributed by atoms with Gasteiger partial charge in [0.1, 0.15) is 17.5 Å². The first-order chi connectivity index (χ1) is 22.0. The maximum Gasteiger partial charge on any atom is 0.272 e. The molecule has 0 saturated carbocycles. The first-order valence-electron chi connectivity index (χ1n) is 14.9. The second-order valence-corrected chi connectivity index (χ2v) is 12.2. The van der Waals surface area contributed by atoms with Gasteiger partial charge in [-0.3, -0.25) is 4.79 Å². The van der Waals surface area contributed by atoms with Crippen molar-refractivity contribution in [2.75, 3.05) is 18.4 Å². The van der Waals surface area contributed by atoms with E-state index in [-0.39, 0.29) is 18.1 Å². The summed E-state index contributed by atoms with van der Waals surface area (Å²) in [5.41, 5.74) is 6.99. The largest absolute Gasteiger partial charge is 0.473 e. The van der Waals surface area contributed by atoms with Crippen LogP contribution in [0.3, 0.4) is 0 Å². The lowest BCUT2D eigenvalue weighted by Crippen LogP contribution is -2.34. The highest BCUT2D eigenvalue weighted by atomic mass is 35.5. The minimum atomic E-state index is -0.317. The quantitative estimate of drug-likeness (QED) is 0.174. The molecule has 8 rings (SSSR count). The van der Waals surface area contributed by atoms with Gasteiger partial charge in [-0.25, -0.2) is 9.97 Å². The lowest BCUT2D eigenvalue weighted by Gasteiger charge is -2.28. The number of hydrogen-bond donors (Lipinski definition) is 3. The molecule has 5 heterocycles. The first-order valence-corrected chi connectivity index (χ1v) is 15.7. The van der Waals surface area contributed by atoms with E-state index >= 15 is 0 Å². The number of hydrogen-bond acceptors (Lipinski definition) is 5. The minimum absolute atomic E-state index is 0.0309. The predicted molar refractivity (Wildman–Crippen MR) is 177 cm³/mol. The Hall–Kier alpha value is -4.63. The molecule has 0 radical (unpaired) electrons. The maximum absolute atomic E-state index is 14.3. The zero-order chi connectivity index (χ0) is 30.5. The van der Waals surface area contributed by atoms with Crippen LogP contribution in [0, 0.1) is 0 Å². The van der Waals surface area contributed by atoms with Crippen molar-refractivity contribution in [3.8, 4) is 28.4 Å². The molecule has 2 aliphatic heterocycles. The van der Waals surface area contributed by atoms with Gasteiger partial charge in [-0.05, 0) is 73.5 Å². The molecule has 1 fully saturated rings. The van der Waals surface area contributed by atoms with E-state index < -0.39 is 0 Å². The zero-order valence-corrected chi connectivity index (χ0v) is 25.6. The number of amides is 1. The van der Waals surface area contributed by atoms with Gasteiger partial charge in [-0.2, -0.15) is 0 Å². The average Bonchev–Trinajstić information content (AvgIpc) is 3.66. The first kappa shape index (κ1) is 27.9. The van der Waals surface area contributed by atoms with E-state index in [0.717, 1.165) is 70.5 Å². The van der Waals surface area contributed by atoms with Crippen molar-refractivity contribution in [1.82, 2.24) is 24.8 Å². The minimum Gasteiger partial charge on any atom is -0.473 e. The summed E-state index contributed by atoms with van der Waals surface area (Å²) in [4.78, 5) is 27.1. The number of anilines is 1. The van der Waals surface area contributed by atoms with Crippen LogP contribution in [-0.2, 0) is 0 Å². The van der Waals surface area contributed by atoms with Crippen molar-refractivity contribution < 1.29 is 9.53 Å². The summed E-state index contributed by atoms with van der Waals surface area (Å²) in [5.74, 6) is 0.0900. The van der Waals surface area contributed by atoms with Gasteiger partial charge in [-0.1, -0.05) is 65.7 Å². The Bertz CT molecular complexity index is 2050. The molecule has 3 aromatic heterocycles. The molecule has 1 atom stereocenters. The van der Waals surface area contributed by atoms with Gasteiger partial charge >= 0.3 is 0 Å². The highest BCUT2D eigenvalue weighted by molar-refractivity contribution is 6.32. The van der Waals surface area contributed by atoms with E-state index in [1.165, 1.54) is 0 Å². The van der Waals surface area contributed by atoms with Crippen molar-refractivity contribution in [3.05, 3.63) is 118 Å². The number of aromatic nitrogens is 4. The van der Waals surface area contributed by atoms with Crippen LogP contribution in [0.25, 0.3) is 33.4 Å². The fourth-order valence-corrected chi connectivity index (χ4v) is 6.89. The van der Waals surface area contributed by atoms with E-state index in [1.54, 1.807) is 12.3 Å². The van der Waals surface area contributed by atoms with Crippen LogP contribution in [-0.4, -0.2) is 44.6 Å². The van der Waals surface area contributed by atoms with Gasteiger partial charge in [0.2, 0.25) is 5.88 Å². The van der Waals surface area contributed by atoms with E-state index in [4.69, 9.17) is 32.9 Å². The number of nitrogens with zero attached hydrogens (tertiary/aromatic N) is 3. The molecule has 0 aliphatic carbocycles. The molecule has 3 aromatic carbocycles. The van der Waals surface area contributed by atoms with Crippen LogP contribution in [0.1, 0.15) is 40.5 Å². The zero-order valence-electron chi connectivity index (χ0n) is 24.1.